The fourth-order valence-corrected chi connectivity index (χ4v) is 5.23. The minimum atomic E-state index is -0.159. The number of aromatic hydroxyl groups is 1. The maximum Gasteiger partial charge on any atom is 0.172 e. The Kier molecular flexibility index (Phi) is 5.47. The molecule has 0 aliphatic carbocycles. The predicted molar refractivity (Wildman–Crippen MR) is 146 cm³/mol. The van der Waals surface area contributed by atoms with Gasteiger partial charge in [0.15, 0.2) is 11.5 Å². The molecule has 5 rings (SSSR count). The first kappa shape index (κ1) is 22.9. The molecule has 0 amide bonds. The molecule has 0 spiro atoms. The van der Waals surface area contributed by atoms with Crippen LogP contribution in [0.3, 0.4) is 0 Å². The molecule has 0 aromatic heterocycles. The van der Waals surface area contributed by atoms with E-state index in [4.69, 9.17) is 9.47 Å². The molecule has 2 aliphatic heterocycles. The number of rotatable bonds is 3. The van der Waals surface area contributed by atoms with Crippen LogP contribution in [0.4, 0.5) is 5.69 Å². The van der Waals surface area contributed by atoms with Gasteiger partial charge in [-0.1, -0.05) is 42.5 Å². The first-order valence-electron chi connectivity index (χ1n) is 11.9. The number of hydrogen-bond acceptors (Lipinski definition) is 4. The molecule has 0 bridgehead atoms. The van der Waals surface area contributed by atoms with Gasteiger partial charge >= 0.3 is 0 Å². The van der Waals surface area contributed by atoms with Gasteiger partial charge in [-0.15, -0.1) is 0 Å². The number of nitrogens with one attached hydrogen (secondary N) is 1. The zero-order valence-corrected chi connectivity index (χ0v) is 21.1. The first-order valence-corrected chi connectivity index (χ1v) is 11.9. The van der Waals surface area contributed by atoms with Gasteiger partial charge in [0, 0.05) is 22.4 Å². The number of phenolic OH excluding ortho intramolecular Hbond substituents is 1. The number of anilines is 1. The molecule has 0 atom stereocenters. The molecule has 35 heavy (non-hydrogen) atoms. The topological polar surface area (TPSA) is 50.7 Å². The van der Waals surface area contributed by atoms with Crippen LogP contribution in [0.5, 0.6) is 17.2 Å². The molecule has 0 radical (unpaired) electrons. The van der Waals surface area contributed by atoms with E-state index in [1.807, 2.05) is 6.07 Å². The molecule has 4 heteroatoms. The molecular weight excluding hydrogens is 434 g/mol. The summed E-state index contributed by atoms with van der Waals surface area (Å²) in [5.41, 5.74) is 9.35. The Morgan fingerprint density at radius 3 is 2.54 bits per heavy atom. The normalized spacial score (nSPS) is 16.9. The summed E-state index contributed by atoms with van der Waals surface area (Å²) in [5.74, 6) is 1.93. The summed E-state index contributed by atoms with van der Waals surface area (Å²) in [6, 6.07) is 16.0. The quantitative estimate of drug-likeness (QED) is 0.412. The largest absolute Gasteiger partial charge is 0.504 e. The van der Waals surface area contributed by atoms with E-state index in [1.165, 1.54) is 11.1 Å². The van der Waals surface area contributed by atoms with Crippen LogP contribution in [-0.4, -0.2) is 17.8 Å². The highest BCUT2D eigenvalue weighted by Gasteiger charge is 2.33. The van der Waals surface area contributed by atoms with Crippen molar-refractivity contribution in [2.45, 2.75) is 40.2 Å². The SMILES string of the molecule is C/C=C(\C)c1ccccc1/C=C1\Oc2ccc(O)c(OC)c2-c2ccc3c(c21)C(C)=CC(C)(C)N3. The molecule has 2 aliphatic rings. The first-order chi connectivity index (χ1) is 16.7. The number of phenols is 1. The van der Waals surface area contributed by atoms with Crippen molar-refractivity contribution in [3.63, 3.8) is 0 Å². The zero-order chi connectivity index (χ0) is 24.9. The average Bonchev–Trinajstić information content (AvgIpc) is 2.83. The average molecular weight is 466 g/mol. The summed E-state index contributed by atoms with van der Waals surface area (Å²) in [7, 11) is 1.57. The second kappa shape index (κ2) is 8.38. The number of ether oxygens (including phenoxy) is 2. The lowest BCUT2D eigenvalue weighted by Gasteiger charge is -2.35. The molecule has 0 saturated heterocycles. The van der Waals surface area contributed by atoms with Crippen molar-refractivity contribution in [2.24, 2.45) is 0 Å². The fraction of sp³-hybridized carbons (Fsp3) is 0.226. The van der Waals surface area contributed by atoms with Crippen LogP contribution in [0.15, 0.2) is 60.7 Å². The van der Waals surface area contributed by atoms with E-state index in [-0.39, 0.29) is 11.3 Å². The second-order valence-corrected chi connectivity index (χ2v) is 9.75. The molecule has 2 heterocycles. The van der Waals surface area contributed by atoms with E-state index in [1.54, 1.807) is 19.2 Å². The molecule has 0 unspecified atom stereocenters. The van der Waals surface area contributed by atoms with Crippen LogP contribution in [0.1, 0.15) is 56.9 Å². The van der Waals surface area contributed by atoms with Crippen molar-refractivity contribution in [2.75, 3.05) is 12.4 Å². The predicted octanol–water partition coefficient (Wildman–Crippen LogP) is 7.99. The standard InChI is InChI=1S/C31H31NO3/c1-7-18(2)21-11-9-8-10-20(21)16-26-28-22(29-25(35-26)15-14-24(33)30(29)34-6)12-13-23-27(28)19(3)17-31(4,5)32-23/h7-17,32-33H,1-6H3/b18-7+,26-16-. The number of allylic oxidation sites excluding steroid dienone is 3. The molecule has 4 nitrogen and oxygen atoms in total. The monoisotopic (exact) mass is 465 g/mol. The van der Waals surface area contributed by atoms with Gasteiger partial charge in [0.05, 0.1) is 18.2 Å². The fourth-order valence-electron chi connectivity index (χ4n) is 5.23. The Balaban J connectivity index is 1.84. The number of hydrogen-bond donors (Lipinski definition) is 2. The van der Waals surface area contributed by atoms with Crippen molar-refractivity contribution in [1.82, 2.24) is 0 Å². The Morgan fingerprint density at radius 2 is 1.80 bits per heavy atom. The van der Waals surface area contributed by atoms with Crippen molar-refractivity contribution < 1.29 is 14.6 Å². The van der Waals surface area contributed by atoms with E-state index < -0.39 is 0 Å². The van der Waals surface area contributed by atoms with Gasteiger partial charge in [-0.25, -0.2) is 0 Å². The van der Waals surface area contributed by atoms with Crippen molar-refractivity contribution in [3.8, 4) is 28.4 Å². The van der Waals surface area contributed by atoms with Crippen LogP contribution >= 0.6 is 0 Å². The maximum absolute atomic E-state index is 10.6. The van der Waals surface area contributed by atoms with Gasteiger partial charge in [0.2, 0.25) is 0 Å². The summed E-state index contributed by atoms with van der Waals surface area (Å²) < 4.78 is 12.2. The van der Waals surface area contributed by atoms with Gasteiger partial charge in [0.1, 0.15) is 11.5 Å². The summed E-state index contributed by atoms with van der Waals surface area (Å²) >= 11 is 0. The van der Waals surface area contributed by atoms with E-state index in [9.17, 15) is 5.11 Å². The highest BCUT2D eigenvalue weighted by molar-refractivity contribution is 6.02. The molecular formula is C31H31NO3. The third kappa shape index (κ3) is 3.79. The van der Waals surface area contributed by atoms with Crippen molar-refractivity contribution in [3.05, 3.63) is 82.9 Å². The second-order valence-electron chi connectivity index (χ2n) is 9.75. The molecule has 3 aromatic rings. The van der Waals surface area contributed by atoms with Gasteiger partial charge in [0.25, 0.3) is 0 Å². The summed E-state index contributed by atoms with van der Waals surface area (Å²) in [6.45, 7) is 10.7. The molecule has 178 valence electrons. The van der Waals surface area contributed by atoms with Gasteiger partial charge < -0.3 is 19.9 Å². The lowest BCUT2D eigenvalue weighted by Crippen LogP contribution is -2.32. The van der Waals surface area contributed by atoms with Crippen LogP contribution in [0.2, 0.25) is 0 Å². The highest BCUT2D eigenvalue weighted by atomic mass is 16.5. The summed E-state index contributed by atoms with van der Waals surface area (Å²) in [5, 5.41) is 14.2. The lowest BCUT2D eigenvalue weighted by atomic mass is 9.82. The molecule has 0 saturated carbocycles. The Hall–Kier alpha value is -3.92. The minimum Gasteiger partial charge on any atom is -0.504 e. The van der Waals surface area contributed by atoms with Crippen molar-refractivity contribution >= 4 is 28.7 Å². The van der Waals surface area contributed by atoms with E-state index in [0.717, 1.165) is 44.8 Å². The number of fused-ring (bicyclic) bond motifs is 5. The van der Waals surface area contributed by atoms with E-state index in [0.29, 0.717) is 11.5 Å². The van der Waals surface area contributed by atoms with Crippen LogP contribution < -0.4 is 14.8 Å². The molecule has 0 fully saturated rings. The number of methoxy groups -OCH3 is 1. The summed E-state index contributed by atoms with van der Waals surface area (Å²) in [6.07, 6.45) is 6.49. The van der Waals surface area contributed by atoms with Crippen LogP contribution in [-0.2, 0) is 0 Å². The number of benzene rings is 3. The highest BCUT2D eigenvalue weighted by Crippen LogP contribution is 2.54. The Bertz CT molecular complexity index is 1440. The van der Waals surface area contributed by atoms with Gasteiger partial charge in [-0.2, -0.15) is 0 Å². The Morgan fingerprint density at radius 1 is 1.03 bits per heavy atom. The maximum atomic E-state index is 10.6. The Labute approximate surface area is 207 Å². The van der Waals surface area contributed by atoms with E-state index in [2.05, 4.69) is 88.5 Å². The molecule has 2 N–H and O–H groups in total. The van der Waals surface area contributed by atoms with Crippen molar-refractivity contribution in [1.29, 1.82) is 0 Å². The third-order valence-corrected chi connectivity index (χ3v) is 6.78. The lowest BCUT2D eigenvalue weighted by molar-refractivity contribution is 0.371. The zero-order valence-electron chi connectivity index (χ0n) is 21.1. The van der Waals surface area contributed by atoms with Gasteiger partial charge in [-0.3, -0.25) is 0 Å². The minimum absolute atomic E-state index is 0.0894. The smallest absolute Gasteiger partial charge is 0.172 e. The van der Waals surface area contributed by atoms with Crippen LogP contribution in [0, 0.1) is 0 Å². The molecule has 3 aromatic carbocycles. The van der Waals surface area contributed by atoms with Crippen LogP contribution in [0.25, 0.3) is 34.1 Å². The summed E-state index contributed by atoms with van der Waals surface area (Å²) in [4.78, 5) is 0. The van der Waals surface area contributed by atoms with Gasteiger partial charge in [-0.05, 0) is 81.2 Å². The third-order valence-electron chi connectivity index (χ3n) is 6.78. The van der Waals surface area contributed by atoms with E-state index >= 15 is 0 Å².